The van der Waals surface area contributed by atoms with Crippen LogP contribution in [0.3, 0.4) is 0 Å². The summed E-state index contributed by atoms with van der Waals surface area (Å²) in [4.78, 5) is 20.5. The van der Waals surface area contributed by atoms with E-state index in [1.807, 2.05) is 18.3 Å². The molecule has 1 saturated carbocycles. The lowest BCUT2D eigenvalue weighted by molar-refractivity contribution is 0.122. The van der Waals surface area contributed by atoms with Crippen LogP contribution >= 0.6 is 0 Å². The van der Waals surface area contributed by atoms with Gasteiger partial charge >= 0.3 is 0 Å². The van der Waals surface area contributed by atoms with Gasteiger partial charge in [-0.2, -0.15) is 4.98 Å². The topological polar surface area (TPSA) is 79.4 Å². The van der Waals surface area contributed by atoms with E-state index in [0.29, 0.717) is 18.8 Å². The van der Waals surface area contributed by atoms with Gasteiger partial charge in [-0.05, 0) is 30.5 Å². The Morgan fingerprint density at radius 1 is 1.11 bits per heavy atom. The number of hydrogen-bond acceptors (Lipinski definition) is 5. The van der Waals surface area contributed by atoms with Crippen molar-refractivity contribution in [1.29, 1.82) is 0 Å². The highest BCUT2D eigenvalue weighted by atomic mass is 19.1. The monoisotopic (exact) mass is 376 g/mol. The van der Waals surface area contributed by atoms with Crippen LogP contribution in [0.5, 0.6) is 0 Å². The minimum absolute atomic E-state index is 0.261. The summed E-state index contributed by atoms with van der Waals surface area (Å²) in [7, 11) is 0. The maximum absolute atomic E-state index is 14.8. The largest absolute Gasteiger partial charge is 0.351 e. The van der Waals surface area contributed by atoms with Crippen LogP contribution in [0, 0.1) is 0 Å². The molecule has 0 bridgehead atoms. The van der Waals surface area contributed by atoms with Crippen LogP contribution in [0.25, 0.3) is 33.1 Å². The van der Waals surface area contributed by atoms with E-state index in [-0.39, 0.29) is 6.54 Å². The molecule has 0 atom stereocenters. The van der Waals surface area contributed by atoms with Crippen LogP contribution in [0.1, 0.15) is 32.1 Å². The van der Waals surface area contributed by atoms with Crippen molar-refractivity contribution in [3.8, 4) is 11.1 Å². The van der Waals surface area contributed by atoms with E-state index in [2.05, 4.69) is 36.3 Å². The van der Waals surface area contributed by atoms with Crippen LogP contribution in [0.2, 0.25) is 0 Å². The predicted octanol–water partition coefficient (Wildman–Crippen LogP) is 4.65. The lowest BCUT2D eigenvalue weighted by Gasteiger charge is -2.29. The third-order valence-corrected chi connectivity index (χ3v) is 5.56. The Morgan fingerprint density at radius 2 is 2.00 bits per heavy atom. The van der Waals surface area contributed by atoms with Gasteiger partial charge in [-0.1, -0.05) is 25.3 Å². The summed E-state index contributed by atoms with van der Waals surface area (Å²) in [5.41, 5.74) is 2.55. The van der Waals surface area contributed by atoms with E-state index in [1.165, 1.54) is 0 Å². The maximum Gasteiger partial charge on any atom is 0.224 e. The first kappa shape index (κ1) is 17.0. The molecule has 1 fully saturated rings. The van der Waals surface area contributed by atoms with Gasteiger partial charge in [-0.3, -0.25) is 0 Å². The second-order valence-electron chi connectivity index (χ2n) is 7.52. The minimum Gasteiger partial charge on any atom is -0.351 e. The molecule has 142 valence electrons. The van der Waals surface area contributed by atoms with Gasteiger partial charge in [0.25, 0.3) is 0 Å². The number of benzene rings is 1. The first-order valence-electron chi connectivity index (χ1n) is 9.67. The van der Waals surface area contributed by atoms with Crippen LogP contribution < -0.4 is 5.32 Å². The summed E-state index contributed by atoms with van der Waals surface area (Å²) >= 11 is 0. The molecule has 0 aliphatic heterocycles. The number of hydrogen-bond donors (Lipinski definition) is 2. The molecule has 1 aliphatic carbocycles. The number of H-pyrrole nitrogens is 1. The van der Waals surface area contributed by atoms with Crippen LogP contribution in [0.15, 0.2) is 43.1 Å². The van der Waals surface area contributed by atoms with E-state index in [1.54, 1.807) is 18.7 Å². The minimum atomic E-state index is -1.15. The normalized spacial score (nSPS) is 16.5. The number of fused-ring (bicyclic) bond motifs is 2. The maximum atomic E-state index is 14.8. The van der Waals surface area contributed by atoms with Crippen molar-refractivity contribution in [3.05, 3.63) is 43.1 Å². The van der Waals surface area contributed by atoms with E-state index < -0.39 is 5.67 Å². The highest BCUT2D eigenvalue weighted by Crippen LogP contribution is 2.32. The molecular formula is C21H21FN6. The average molecular weight is 376 g/mol. The molecule has 28 heavy (non-hydrogen) atoms. The quantitative estimate of drug-likeness (QED) is 0.542. The Morgan fingerprint density at radius 3 is 2.89 bits per heavy atom. The highest BCUT2D eigenvalue weighted by Gasteiger charge is 2.31. The lowest BCUT2D eigenvalue weighted by atomic mass is 9.86. The molecule has 2 N–H and O–H groups in total. The zero-order chi connectivity index (χ0) is 19.0. The summed E-state index contributed by atoms with van der Waals surface area (Å²) in [6, 6.07) is 6.06. The van der Waals surface area contributed by atoms with Crippen molar-refractivity contribution in [2.24, 2.45) is 0 Å². The summed E-state index contributed by atoms with van der Waals surface area (Å²) in [5, 5.41) is 4.99. The Balaban J connectivity index is 1.41. The molecule has 3 aromatic heterocycles. The van der Waals surface area contributed by atoms with Gasteiger partial charge in [-0.25, -0.2) is 19.3 Å². The van der Waals surface area contributed by atoms with Gasteiger partial charge < -0.3 is 10.3 Å². The van der Waals surface area contributed by atoms with E-state index in [4.69, 9.17) is 0 Å². The standard InChI is InChI=1S/C21H21FN6/c22-21(6-2-1-3-7-21)12-26-20-25-11-17-16(10-24-19(17)28-20)14-4-5-18-15(8-14)9-23-13-27-18/h4-5,8-11,13H,1-3,6-7,12H2,(H2,24,25,26,28). The molecule has 0 unspecified atom stereocenters. The molecule has 3 heterocycles. The van der Waals surface area contributed by atoms with Crippen molar-refractivity contribution in [2.75, 3.05) is 11.9 Å². The van der Waals surface area contributed by atoms with Gasteiger partial charge in [-0.15, -0.1) is 0 Å². The van der Waals surface area contributed by atoms with E-state index >= 15 is 0 Å². The van der Waals surface area contributed by atoms with Crippen molar-refractivity contribution in [1.82, 2.24) is 24.9 Å². The van der Waals surface area contributed by atoms with Gasteiger partial charge in [0, 0.05) is 34.9 Å². The molecule has 0 spiro atoms. The molecule has 7 heteroatoms. The molecule has 0 radical (unpaired) electrons. The zero-order valence-electron chi connectivity index (χ0n) is 15.5. The fourth-order valence-corrected chi connectivity index (χ4v) is 3.98. The van der Waals surface area contributed by atoms with Gasteiger partial charge in [0.1, 0.15) is 17.6 Å². The molecule has 0 saturated heterocycles. The predicted molar refractivity (Wildman–Crippen MR) is 108 cm³/mol. The third-order valence-electron chi connectivity index (χ3n) is 5.56. The number of alkyl halides is 1. The van der Waals surface area contributed by atoms with Gasteiger partial charge in [0.05, 0.1) is 12.1 Å². The Kier molecular flexibility index (Phi) is 4.15. The van der Waals surface area contributed by atoms with Crippen LogP contribution in [0.4, 0.5) is 10.3 Å². The number of nitrogens with zero attached hydrogens (tertiary/aromatic N) is 4. The Bertz CT molecular complexity index is 1130. The van der Waals surface area contributed by atoms with Crippen molar-refractivity contribution in [3.63, 3.8) is 0 Å². The number of nitrogens with one attached hydrogen (secondary N) is 2. The summed E-state index contributed by atoms with van der Waals surface area (Å²) in [6.07, 6.45) is 11.3. The number of aromatic amines is 1. The second kappa shape index (κ2) is 6.82. The first-order chi connectivity index (χ1) is 13.7. The van der Waals surface area contributed by atoms with Crippen molar-refractivity contribution < 1.29 is 4.39 Å². The van der Waals surface area contributed by atoms with Crippen molar-refractivity contribution >= 4 is 27.9 Å². The molecule has 1 aliphatic rings. The number of anilines is 1. The van der Waals surface area contributed by atoms with Crippen LogP contribution in [-0.2, 0) is 0 Å². The number of aromatic nitrogens is 5. The molecular weight excluding hydrogens is 355 g/mol. The smallest absolute Gasteiger partial charge is 0.224 e. The van der Waals surface area contributed by atoms with E-state index in [9.17, 15) is 4.39 Å². The Labute approximate surface area is 161 Å². The SMILES string of the molecule is FC1(CNc2ncc3c(-c4ccc5ncncc5c4)c[nH]c3n2)CCCCC1. The average Bonchev–Trinajstić information content (AvgIpc) is 3.16. The lowest BCUT2D eigenvalue weighted by Crippen LogP contribution is -2.34. The summed E-state index contributed by atoms with van der Waals surface area (Å²) < 4.78 is 14.8. The van der Waals surface area contributed by atoms with Gasteiger partial charge in [0.2, 0.25) is 5.95 Å². The highest BCUT2D eigenvalue weighted by molar-refractivity contribution is 5.96. The van der Waals surface area contributed by atoms with Crippen LogP contribution in [-0.4, -0.2) is 37.1 Å². The third kappa shape index (κ3) is 3.17. The van der Waals surface area contributed by atoms with Gasteiger partial charge in [0.15, 0.2) is 0 Å². The van der Waals surface area contributed by atoms with Crippen molar-refractivity contribution in [2.45, 2.75) is 37.8 Å². The Hall–Kier alpha value is -3.09. The zero-order valence-corrected chi connectivity index (χ0v) is 15.5. The first-order valence-corrected chi connectivity index (χ1v) is 9.67. The molecule has 4 aromatic rings. The van der Waals surface area contributed by atoms with E-state index in [0.717, 1.165) is 52.3 Å². The molecule has 0 amide bonds. The molecule has 1 aromatic carbocycles. The molecule has 5 rings (SSSR count). The fourth-order valence-electron chi connectivity index (χ4n) is 3.98. The number of halogens is 1. The fraction of sp³-hybridized carbons (Fsp3) is 0.333. The number of rotatable bonds is 4. The summed E-state index contributed by atoms with van der Waals surface area (Å²) in [5.74, 6) is 0.454. The summed E-state index contributed by atoms with van der Waals surface area (Å²) in [6.45, 7) is 0.261. The molecule has 6 nitrogen and oxygen atoms in total. The second-order valence-corrected chi connectivity index (χ2v) is 7.52.